The second kappa shape index (κ2) is 6.37. The molecule has 1 fully saturated rings. The molecule has 110 valence electrons. The Morgan fingerprint density at radius 1 is 1.40 bits per heavy atom. The van der Waals surface area contributed by atoms with Gasteiger partial charge < -0.3 is 13.9 Å². The quantitative estimate of drug-likeness (QED) is 0.829. The molecule has 20 heavy (non-hydrogen) atoms. The first-order valence-electron chi connectivity index (χ1n) is 6.13. The van der Waals surface area contributed by atoms with Crippen LogP contribution in [0.1, 0.15) is 12.8 Å². The van der Waals surface area contributed by atoms with Gasteiger partial charge >= 0.3 is 13.8 Å². The first-order valence-corrected chi connectivity index (χ1v) is 7.63. The van der Waals surface area contributed by atoms with Crippen molar-refractivity contribution in [3.05, 3.63) is 30.3 Å². The standard InChI is InChI=1S/C12H16NO6P/c1-17-13-9-5-8-11(13)12(14)19-20(15,16)18-10-6-3-2-4-7-10/h2-4,6-7,11H,5,8-9H2,1H3,(H,15,16)/t11-/m0/s1. The first-order chi connectivity index (χ1) is 9.52. The molecule has 0 bridgehead atoms. The second-order valence-electron chi connectivity index (χ2n) is 4.26. The Labute approximate surface area is 116 Å². The van der Waals surface area contributed by atoms with Crippen LogP contribution < -0.4 is 4.52 Å². The molecule has 1 saturated heterocycles. The molecule has 1 aliphatic heterocycles. The van der Waals surface area contributed by atoms with Gasteiger partial charge in [0.05, 0.1) is 7.11 Å². The summed E-state index contributed by atoms with van der Waals surface area (Å²) in [4.78, 5) is 26.5. The SMILES string of the molecule is CON1CCC[C@H]1C(=O)OP(=O)(O)Oc1ccccc1. The van der Waals surface area contributed by atoms with E-state index < -0.39 is 19.8 Å². The minimum absolute atomic E-state index is 0.154. The normalized spacial score (nSPS) is 22.2. The van der Waals surface area contributed by atoms with Crippen molar-refractivity contribution in [2.75, 3.05) is 13.7 Å². The lowest BCUT2D eigenvalue weighted by molar-refractivity contribution is -0.171. The fourth-order valence-corrected chi connectivity index (χ4v) is 2.78. The highest BCUT2D eigenvalue weighted by Gasteiger charge is 2.38. The van der Waals surface area contributed by atoms with Crippen LogP contribution in [0.4, 0.5) is 0 Å². The monoisotopic (exact) mass is 301 g/mol. The molecule has 0 spiro atoms. The zero-order valence-corrected chi connectivity index (χ0v) is 11.9. The van der Waals surface area contributed by atoms with E-state index in [-0.39, 0.29) is 5.75 Å². The third-order valence-corrected chi connectivity index (χ3v) is 3.73. The van der Waals surface area contributed by atoms with E-state index in [0.29, 0.717) is 13.0 Å². The van der Waals surface area contributed by atoms with E-state index >= 15 is 0 Å². The van der Waals surface area contributed by atoms with Crippen LogP contribution in [-0.4, -0.2) is 35.6 Å². The van der Waals surface area contributed by atoms with E-state index in [2.05, 4.69) is 4.52 Å². The average Bonchev–Trinajstić information content (AvgIpc) is 2.87. The fraction of sp³-hybridized carbons (Fsp3) is 0.417. The molecule has 7 nitrogen and oxygen atoms in total. The molecular weight excluding hydrogens is 285 g/mol. The Morgan fingerprint density at radius 3 is 2.75 bits per heavy atom. The minimum Gasteiger partial charge on any atom is -0.395 e. The van der Waals surface area contributed by atoms with Gasteiger partial charge in [-0.15, -0.1) is 0 Å². The molecular formula is C12H16NO6P. The number of hydrogen-bond donors (Lipinski definition) is 1. The van der Waals surface area contributed by atoms with Gasteiger partial charge in [-0.1, -0.05) is 18.2 Å². The highest BCUT2D eigenvalue weighted by atomic mass is 31.2. The van der Waals surface area contributed by atoms with E-state index in [1.54, 1.807) is 18.2 Å². The molecule has 2 rings (SSSR count). The van der Waals surface area contributed by atoms with Gasteiger partial charge in [-0.25, -0.2) is 9.36 Å². The van der Waals surface area contributed by atoms with Gasteiger partial charge in [0.25, 0.3) is 0 Å². The summed E-state index contributed by atoms with van der Waals surface area (Å²) in [7, 11) is -3.06. The Hall–Kier alpha value is -1.40. The molecule has 1 unspecified atom stereocenters. The molecule has 1 heterocycles. The Kier molecular flexibility index (Phi) is 4.77. The third-order valence-electron chi connectivity index (χ3n) is 2.88. The summed E-state index contributed by atoms with van der Waals surface area (Å²) in [6, 6.07) is 7.32. The van der Waals surface area contributed by atoms with Crippen LogP contribution in [0.5, 0.6) is 5.75 Å². The summed E-state index contributed by atoms with van der Waals surface area (Å²) in [5.41, 5.74) is 0. The molecule has 0 aliphatic carbocycles. The van der Waals surface area contributed by atoms with Crippen molar-refractivity contribution in [2.45, 2.75) is 18.9 Å². The molecule has 1 aromatic rings. The summed E-state index contributed by atoms with van der Waals surface area (Å²) >= 11 is 0. The fourth-order valence-electron chi connectivity index (χ4n) is 2.00. The predicted molar refractivity (Wildman–Crippen MR) is 69.7 cm³/mol. The Morgan fingerprint density at radius 2 is 2.10 bits per heavy atom. The van der Waals surface area contributed by atoms with Gasteiger partial charge in [0.2, 0.25) is 0 Å². The highest BCUT2D eigenvalue weighted by Crippen LogP contribution is 2.44. The molecule has 1 N–H and O–H groups in total. The number of para-hydroxylation sites is 1. The molecule has 0 aromatic heterocycles. The molecule has 8 heteroatoms. The maximum absolute atomic E-state index is 11.9. The highest BCUT2D eigenvalue weighted by molar-refractivity contribution is 7.48. The van der Waals surface area contributed by atoms with Crippen LogP contribution in [0.3, 0.4) is 0 Å². The lowest BCUT2D eigenvalue weighted by Gasteiger charge is -2.21. The Balaban J connectivity index is 1.97. The van der Waals surface area contributed by atoms with Crippen LogP contribution in [0.25, 0.3) is 0 Å². The number of hydroxylamine groups is 2. The lowest BCUT2D eigenvalue weighted by atomic mass is 10.2. The van der Waals surface area contributed by atoms with E-state index in [4.69, 9.17) is 9.36 Å². The molecule has 0 radical (unpaired) electrons. The summed E-state index contributed by atoms with van der Waals surface area (Å²) in [5, 5.41) is 1.42. The first kappa shape index (κ1) is 15.0. The average molecular weight is 301 g/mol. The number of phosphoric acid groups is 1. The van der Waals surface area contributed by atoms with Crippen LogP contribution in [0.15, 0.2) is 30.3 Å². The van der Waals surface area contributed by atoms with E-state index in [1.165, 1.54) is 24.3 Å². The van der Waals surface area contributed by atoms with Crippen LogP contribution in [0, 0.1) is 0 Å². The van der Waals surface area contributed by atoms with Gasteiger partial charge in [0.1, 0.15) is 11.8 Å². The third kappa shape index (κ3) is 3.80. The predicted octanol–water partition coefficient (Wildman–Crippen LogP) is 1.73. The van der Waals surface area contributed by atoms with E-state index in [1.807, 2.05) is 0 Å². The van der Waals surface area contributed by atoms with Gasteiger partial charge in [-0.3, -0.25) is 4.89 Å². The molecule has 2 atom stereocenters. The van der Waals surface area contributed by atoms with Crippen LogP contribution in [-0.2, 0) is 18.7 Å². The minimum atomic E-state index is -4.49. The van der Waals surface area contributed by atoms with Crippen LogP contribution in [0.2, 0.25) is 0 Å². The van der Waals surface area contributed by atoms with E-state index in [9.17, 15) is 14.3 Å². The topological polar surface area (TPSA) is 85.3 Å². The van der Waals surface area contributed by atoms with Gasteiger partial charge in [0, 0.05) is 6.54 Å². The number of carbonyl (C=O) groups is 1. The number of nitrogens with zero attached hydrogens (tertiary/aromatic N) is 1. The van der Waals surface area contributed by atoms with E-state index in [0.717, 1.165) is 6.42 Å². The van der Waals surface area contributed by atoms with Gasteiger partial charge in [-0.05, 0) is 25.0 Å². The van der Waals surface area contributed by atoms with Crippen molar-refractivity contribution in [3.63, 3.8) is 0 Å². The molecule has 0 saturated carbocycles. The number of carbonyl (C=O) groups excluding carboxylic acids is 1. The molecule has 1 aliphatic rings. The number of phosphoric ester groups is 1. The van der Waals surface area contributed by atoms with Crippen molar-refractivity contribution in [1.82, 2.24) is 5.06 Å². The summed E-state index contributed by atoms with van der Waals surface area (Å²) in [5.74, 6) is -0.674. The summed E-state index contributed by atoms with van der Waals surface area (Å²) < 4.78 is 21.2. The smallest absolute Gasteiger partial charge is 0.395 e. The molecule has 1 aromatic carbocycles. The van der Waals surface area contributed by atoms with Crippen molar-refractivity contribution in [1.29, 1.82) is 0 Å². The summed E-state index contributed by atoms with van der Waals surface area (Å²) in [6.07, 6.45) is 1.26. The van der Waals surface area contributed by atoms with Crippen molar-refractivity contribution >= 4 is 13.8 Å². The van der Waals surface area contributed by atoms with Gasteiger partial charge in [-0.2, -0.15) is 5.06 Å². The lowest BCUT2D eigenvalue weighted by Crippen LogP contribution is -2.36. The summed E-state index contributed by atoms with van der Waals surface area (Å²) in [6.45, 7) is 0.575. The van der Waals surface area contributed by atoms with Gasteiger partial charge in [0.15, 0.2) is 0 Å². The zero-order chi connectivity index (χ0) is 14.6. The Bertz CT molecular complexity index is 508. The van der Waals surface area contributed by atoms with Crippen molar-refractivity contribution in [2.24, 2.45) is 0 Å². The number of benzene rings is 1. The number of hydrogen-bond acceptors (Lipinski definition) is 6. The van der Waals surface area contributed by atoms with Crippen molar-refractivity contribution < 1.29 is 28.1 Å². The largest absolute Gasteiger partial charge is 0.587 e. The maximum Gasteiger partial charge on any atom is 0.587 e. The van der Waals surface area contributed by atoms with Crippen molar-refractivity contribution in [3.8, 4) is 5.75 Å². The second-order valence-corrected chi connectivity index (χ2v) is 5.57. The molecule has 0 amide bonds. The van der Waals surface area contributed by atoms with Crippen LogP contribution >= 0.6 is 7.82 Å². The zero-order valence-electron chi connectivity index (χ0n) is 11.0. The maximum atomic E-state index is 11.9. The number of rotatable bonds is 5.